The molecule has 20 heavy (non-hydrogen) atoms. The predicted octanol–water partition coefficient (Wildman–Crippen LogP) is 3.36. The van der Waals surface area contributed by atoms with E-state index in [0.29, 0.717) is 12.1 Å². The Kier molecular flexibility index (Phi) is 5.86. The molecule has 1 saturated heterocycles. The van der Waals surface area contributed by atoms with Crippen molar-refractivity contribution in [2.45, 2.75) is 45.8 Å². The van der Waals surface area contributed by atoms with E-state index in [0.717, 1.165) is 32.7 Å². The minimum absolute atomic E-state index is 0.371. The summed E-state index contributed by atoms with van der Waals surface area (Å²) < 4.78 is 5.79. The topological polar surface area (TPSA) is 24.5 Å². The van der Waals surface area contributed by atoms with Gasteiger partial charge < -0.3 is 15.0 Å². The largest absolute Gasteiger partial charge is 0.375 e. The maximum Gasteiger partial charge on any atom is 0.0748 e. The molecule has 1 aromatic rings. The van der Waals surface area contributed by atoms with Crippen molar-refractivity contribution in [2.24, 2.45) is 0 Å². The summed E-state index contributed by atoms with van der Waals surface area (Å²) >= 11 is 0. The molecule has 1 aliphatic rings. The first-order chi connectivity index (χ1) is 9.76. The highest BCUT2D eigenvalue weighted by atomic mass is 16.5. The van der Waals surface area contributed by atoms with Crippen LogP contribution in [0.3, 0.4) is 0 Å². The van der Waals surface area contributed by atoms with Gasteiger partial charge in [-0.05, 0) is 37.9 Å². The first kappa shape index (κ1) is 15.3. The number of rotatable bonds is 6. The van der Waals surface area contributed by atoms with Crippen LogP contribution in [0.1, 0.15) is 45.2 Å². The Bertz CT molecular complexity index is 408. The van der Waals surface area contributed by atoms with Gasteiger partial charge in [0.25, 0.3) is 0 Å². The maximum atomic E-state index is 5.79. The van der Waals surface area contributed by atoms with Gasteiger partial charge >= 0.3 is 0 Å². The van der Waals surface area contributed by atoms with Gasteiger partial charge in [-0.2, -0.15) is 0 Å². The molecule has 2 rings (SSSR count). The maximum absolute atomic E-state index is 5.79. The van der Waals surface area contributed by atoms with E-state index in [2.05, 4.69) is 55.3 Å². The highest BCUT2D eigenvalue weighted by Gasteiger charge is 2.22. The van der Waals surface area contributed by atoms with Crippen LogP contribution in [0.15, 0.2) is 24.3 Å². The Labute approximate surface area is 123 Å². The molecule has 0 bridgehead atoms. The van der Waals surface area contributed by atoms with Crippen LogP contribution in [0.2, 0.25) is 0 Å². The van der Waals surface area contributed by atoms with E-state index in [9.17, 15) is 0 Å². The molecule has 1 fully saturated rings. The first-order valence-corrected chi connectivity index (χ1v) is 7.95. The predicted molar refractivity (Wildman–Crippen MR) is 85.4 cm³/mol. The van der Waals surface area contributed by atoms with Crippen molar-refractivity contribution >= 4 is 5.69 Å². The smallest absolute Gasteiger partial charge is 0.0748 e. The van der Waals surface area contributed by atoms with Crippen molar-refractivity contribution in [3.8, 4) is 0 Å². The molecular formula is C17H28N2O. The van der Waals surface area contributed by atoms with Gasteiger partial charge in [-0.25, -0.2) is 0 Å². The zero-order valence-corrected chi connectivity index (χ0v) is 13.1. The van der Waals surface area contributed by atoms with Gasteiger partial charge in [0.15, 0.2) is 0 Å². The quantitative estimate of drug-likeness (QED) is 0.862. The van der Waals surface area contributed by atoms with E-state index in [4.69, 9.17) is 4.74 Å². The van der Waals surface area contributed by atoms with Crippen molar-refractivity contribution in [3.05, 3.63) is 29.8 Å². The number of benzene rings is 1. The SMILES string of the molecule is CCCNC(C)c1ccccc1N1CCOC(CC)C1. The van der Waals surface area contributed by atoms with Gasteiger partial charge in [-0.3, -0.25) is 0 Å². The molecule has 3 nitrogen and oxygen atoms in total. The molecule has 1 aromatic carbocycles. The Morgan fingerprint density at radius 3 is 2.90 bits per heavy atom. The van der Waals surface area contributed by atoms with Crippen LogP contribution < -0.4 is 10.2 Å². The Morgan fingerprint density at radius 2 is 2.15 bits per heavy atom. The van der Waals surface area contributed by atoms with Crippen molar-refractivity contribution < 1.29 is 4.74 Å². The summed E-state index contributed by atoms with van der Waals surface area (Å²) in [5.74, 6) is 0. The summed E-state index contributed by atoms with van der Waals surface area (Å²) in [7, 11) is 0. The number of nitrogens with one attached hydrogen (secondary N) is 1. The molecule has 3 heteroatoms. The third-order valence-electron chi connectivity index (χ3n) is 4.04. The summed E-state index contributed by atoms with van der Waals surface area (Å²) in [5, 5.41) is 3.60. The van der Waals surface area contributed by atoms with Gasteiger partial charge in [0.1, 0.15) is 0 Å². The van der Waals surface area contributed by atoms with Crippen molar-refractivity contribution in [2.75, 3.05) is 31.1 Å². The van der Waals surface area contributed by atoms with Gasteiger partial charge in [-0.1, -0.05) is 32.0 Å². The van der Waals surface area contributed by atoms with E-state index >= 15 is 0 Å². The Hall–Kier alpha value is -1.06. The molecule has 0 radical (unpaired) electrons. The molecule has 1 aliphatic heterocycles. The van der Waals surface area contributed by atoms with Crippen molar-refractivity contribution in [1.82, 2.24) is 5.32 Å². The highest BCUT2D eigenvalue weighted by Crippen LogP contribution is 2.28. The Balaban J connectivity index is 2.14. The number of hydrogen-bond donors (Lipinski definition) is 1. The number of hydrogen-bond acceptors (Lipinski definition) is 3. The molecule has 112 valence electrons. The van der Waals surface area contributed by atoms with Crippen LogP contribution in [-0.2, 0) is 4.74 Å². The van der Waals surface area contributed by atoms with E-state index < -0.39 is 0 Å². The second-order valence-electron chi connectivity index (χ2n) is 5.58. The fourth-order valence-corrected chi connectivity index (χ4v) is 2.80. The summed E-state index contributed by atoms with van der Waals surface area (Å²) in [6.07, 6.45) is 2.63. The average Bonchev–Trinajstić information content (AvgIpc) is 2.52. The highest BCUT2D eigenvalue weighted by molar-refractivity contribution is 5.55. The second-order valence-corrected chi connectivity index (χ2v) is 5.58. The zero-order valence-electron chi connectivity index (χ0n) is 13.1. The van der Waals surface area contributed by atoms with Crippen LogP contribution >= 0.6 is 0 Å². The van der Waals surface area contributed by atoms with Gasteiger partial charge in [-0.15, -0.1) is 0 Å². The minimum atomic E-state index is 0.371. The second kappa shape index (κ2) is 7.65. The first-order valence-electron chi connectivity index (χ1n) is 7.95. The molecule has 0 spiro atoms. The Morgan fingerprint density at radius 1 is 1.35 bits per heavy atom. The minimum Gasteiger partial charge on any atom is -0.375 e. The zero-order chi connectivity index (χ0) is 14.4. The fraction of sp³-hybridized carbons (Fsp3) is 0.647. The average molecular weight is 276 g/mol. The lowest BCUT2D eigenvalue weighted by Gasteiger charge is -2.36. The third-order valence-corrected chi connectivity index (χ3v) is 4.04. The molecule has 0 amide bonds. The third kappa shape index (κ3) is 3.74. The number of anilines is 1. The molecular weight excluding hydrogens is 248 g/mol. The standard InChI is InChI=1S/C17H28N2O/c1-4-10-18-14(3)16-8-6-7-9-17(16)19-11-12-20-15(5-2)13-19/h6-9,14-15,18H,4-5,10-13H2,1-3H3. The summed E-state index contributed by atoms with van der Waals surface area (Å²) in [5.41, 5.74) is 2.77. The number of nitrogens with zero attached hydrogens (tertiary/aromatic N) is 1. The molecule has 0 aliphatic carbocycles. The molecule has 0 saturated carbocycles. The summed E-state index contributed by atoms with van der Waals surface area (Å²) in [6.45, 7) is 10.6. The van der Waals surface area contributed by atoms with E-state index in [1.165, 1.54) is 17.7 Å². The van der Waals surface area contributed by atoms with Crippen molar-refractivity contribution in [3.63, 3.8) is 0 Å². The van der Waals surface area contributed by atoms with Gasteiger partial charge in [0.05, 0.1) is 12.7 Å². The lowest BCUT2D eigenvalue weighted by atomic mass is 10.0. The molecule has 2 atom stereocenters. The van der Waals surface area contributed by atoms with Crippen LogP contribution in [0.5, 0.6) is 0 Å². The van der Waals surface area contributed by atoms with Gasteiger partial charge in [0, 0.05) is 24.8 Å². The lowest BCUT2D eigenvalue weighted by Crippen LogP contribution is -2.42. The summed E-state index contributed by atoms with van der Waals surface area (Å²) in [4.78, 5) is 2.48. The number of para-hydroxylation sites is 1. The van der Waals surface area contributed by atoms with E-state index in [1.54, 1.807) is 0 Å². The van der Waals surface area contributed by atoms with Crippen molar-refractivity contribution in [1.29, 1.82) is 0 Å². The normalized spacial score (nSPS) is 20.9. The van der Waals surface area contributed by atoms with Crippen LogP contribution in [0.4, 0.5) is 5.69 Å². The number of ether oxygens (including phenoxy) is 1. The fourth-order valence-electron chi connectivity index (χ4n) is 2.80. The van der Waals surface area contributed by atoms with E-state index in [1.807, 2.05) is 0 Å². The summed E-state index contributed by atoms with van der Waals surface area (Å²) in [6, 6.07) is 9.17. The molecule has 0 aromatic heterocycles. The molecule has 1 heterocycles. The number of morpholine rings is 1. The van der Waals surface area contributed by atoms with Crippen LogP contribution in [0.25, 0.3) is 0 Å². The van der Waals surface area contributed by atoms with Crippen LogP contribution in [-0.4, -0.2) is 32.3 Å². The lowest BCUT2D eigenvalue weighted by molar-refractivity contribution is 0.0383. The van der Waals surface area contributed by atoms with Crippen LogP contribution in [0, 0.1) is 0 Å². The molecule has 2 unspecified atom stereocenters. The van der Waals surface area contributed by atoms with E-state index in [-0.39, 0.29) is 0 Å². The molecule has 1 N–H and O–H groups in total. The monoisotopic (exact) mass is 276 g/mol. The van der Waals surface area contributed by atoms with Gasteiger partial charge in [0.2, 0.25) is 0 Å².